The number of aromatic nitrogens is 2. The lowest BCUT2D eigenvalue weighted by Crippen LogP contribution is -2.11. The van der Waals surface area contributed by atoms with Gasteiger partial charge in [0.2, 0.25) is 0 Å². The van der Waals surface area contributed by atoms with Crippen LogP contribution >= 0.6 is 0 Å². The molecule has 0 saturated heterocycles. The average Bonchev–Trinajstić information content (AvgIpc) is 3.24. The monoisotopic (exact) mass is 354 g/mol. The fraction of sp³-hybridized carbons (Fsp3) is 0.222. The Morgan fingerprint density at radius 2 is 2.15 bits per heavy atom. The van der Waals surface area contributed by atoms with Crippen LogP contribution in [0.15, 0.2) is 53.2 Å². The van der Waals surface area contributed by atoms with Gasteiger partial charge in [0.05, 0.1) is 6.07 Å². The first kappa shape index (κ1) is 17.4. The van der Waals surface area contributed by atoms with E-state index in [1.807, 2.05) is 24.4 Å². The Labute approximate surface area is 149 Å². The third-order valence-corrected chi connectivity index (χ3v) is 3.80. The second-order valence-electron chi connectivity index (χ2n) is 6.12. The Hall–Kier alpha value is -3.42. The van der Waals surface area contributed by atoms with E-state index < -0.39 is 16.7 Å². The number of imidazole rings is 1. The molecule has 0 bridgehead atoms. The number of nitrogens with zero attached hydrogens (tertiary/aromatic N) is 3. The molecule has 1 aromatic carbocycles. The fourth-order valence-electron chi connectivity index (χ4n) is 2.64. The van der Waals surface area contributed by atoms with E-state index in [1.54, 1.807) is 12.3 Å². The number of hydrogen-bond acceptors (Lipinski definition) is 5. The standard InChI is InChI=1S/C18H18N4O4/c1-12(2)17-19-8-9-21(17)11-13-4-3-5-14(10-13)20-18(23)15-6-7-16(26-15)22(24)25/h3-10,12H,11H2,1-2H3,(H,20,23). The predicted octanol–water partition coefficient (Wildman–Crippen LogP) is 3.81. The van der Waals surface area contributed by atoms with Crippen LogP contribution in [0.25, 0.3) is 0 Å². The van der Waals surface area contributed by atoms with Crippen LogP contribution in [0.1, 0.15) is 41.7 Å². The van der Waals surface area contributed by atoms with Gasteiger partial charge in [-0.1, -0.05) is 26.0 Å². The minimum atomic E-state index is -0.686. The molecule has 0 saturated carbocycles. The normalized spacial score (nSPS) is 10.9. The van der Waals surface area contributed by atoms with Crippen molar-refractivity contribution in [2.75, 3.05) is 5.32 Å². The summed E-state index contributed by atoms with van der Waals surface area (Å²) in [6.45, 7) is 4.79. The molecule has 1 N–H and O–H groups in total. The Morgan fingerprint density at radius 1 is 1.35 bits per heavy atom. The molecule has 0 aliphatic carbocycles. The lowest BCUT2D eigenvalue weighted by molar-refractivity contribution is -0.402. The van der Waals surface area contributed by atoms with Crippen LogP contribution in [0, 0.1) is 10.1 Å². The minimum absolute atomic E-state index is 0.112. The summed E-state index contributed by atoms with van der Waals surface area (Å²) in [6, 6.07) is 9.81. The molecular formula is C18H18N4O4. The topological polar surface area (TPSA) is 103 Å². The van der Waals surface area contributed by atoms with Crippen molar-refractivity contribution in [1.29, 1.82) is 0 Å². The molecule has 0 radical (unpaired) electrons. The van der Waals surface area contributed by atoms with Crippen molar-refractivity contribution < 1.29 is 14.1 Å². The maximum absolute atomic E-state index is 12.2. The average molecular weight is 354 g/mol. The number of furan rings is 1. The molecular weight excluding hydrogens is 336 g/mol. The summed E-state index contributed by atoms with van der Waals surface area (Å²) in [5.41, 5.74) is 1.57. The summed E-state index contributed by atoms with van der Waals surface area (Å²) in [6.07, 6.45) is 3.69. The van der Waals surface area contributed by atoms with Gasteiger partial charge in [0, 0.05) is 30.5 Å². The first-order chi connectivity index (χ1) is 12.4. The van der Waals surface area contributed by atoms with E-state index in [9.17, 15) is 14.9 Å². The molecule has 3 aromatic rings. The van der Waals surface area contributed by atoms with E-state index in [1.165, 1.54) is 6.07 Å². The number of nitro groups is 1. The number of benzene rings is 1. The zero-order valence-corrected chi connectivity index (χ0v) is 14.4. The molecule has 8 nitrogen and oxygen atoms in total. The van der Waals surface area contributed by atoms with Gasteiger partial charge in [-0.05, 0) is 23.8 Å². The van der Waals surface area contributed by atoms with Crippen molar-refractivity contribution >= 4 is 17.5 Å². The fourth-order valence-corrected chi connectivity index (χ4v) is 2.64. The highest BCUT2D eigenvalue weighted by Gasteiger charge is 2.17. The molecule has 0 aliphatic rings. The van der Waals surface area contributed by atoms with Gasteiger partial charge < -0.3 is 14.3 Å². The molecule has 1 amide bonds. The van der Waals surface area contributed by atoms with E-state index in [0.29, 0.717) is 18.2 Å². The summed E-state index contributed by atoms with van der Waals surface area (Å²) in [7, 11) is 0. The Bertz CT molecular complexity index is 942. The minimum Gasteiger partial charge on any atom is -0.395 e. The van der Waals surface area contributed by atoms with Gasteiger partial charge in [-0.15, -0.1) is 0 Å². The number of nitrogens with one attached hydrogen (secondary N) is 1. The third kappa shape index (κ3) is 3.80. The van der Waals surface area contributed by atoms with E-state index in [-0.39, 0.29) is 5.76 Å². The quantitative estimate of drug-likeness (QED) is 0.535. The molecule has 3 rings (SSSR count). The van der Waals surface area contributed by atoms with Gasteiger partial charge in [0.25, 0.3) is 5.91 Å². The van der Waals surface area contributed by atoms with E-state index in [0.717, 1.165) is 17.5 Å². The highest BCUT2D eigenvalue weighted by molar-refractivity contribution is 6.02. The zero-order chi connectivity index (χ0) is 18.7. The molecule has 0 fully saturated rings. The van der Waals surface area contributed by atoms with Crippen LogP contribution in [-0.2, 0) is 6.54 Å². The van der Waals surface area contributed by atoms with E-state index in [2.05, 4.69) is 28.7 Å². The largest absolute Gasteiger partial charge is 0.433 e. The summed E-state index contributed by atoms with van der Waals surface area (Å²) >= 11 is 0. The summed E-state index contributed by atoms with van der Waals surface area (Å²) in [5.74, 6) is 0.176. The van der Waals surface area contributed by atoms with Crippen molar-refractivity contribution in [3.63, 3.8) is 0 Å². The van der Waals surface area contributed by atoms with Gasteiger partial charge in [-0.2, -0.15) is 0 Å². The lowest BCUT2D eigenvalue weighted by Gasteiger charge is -2.11. The molecule has 26 heavy (non-hydrogen) atoms. The Kier molecular flexibility index (Phi) is 4.83. The first-order valence-corrected chi connectivity index (χ1v) is 8.09. The second-order valence-corrected chi connectivity index (χ2v) is 6.12. The maximum Gasteiger partial charge on any atom is 0.433 e. The van der Waals surface area contributed by atoms with Crippen LogP contribution in [0.4, 0.5) is 11.6 Å². The SMILES string of the molecule is CC(C)c1nccn1Cc1cccc(NC(=O)c2ccc([N+](=O)[O-])o2)c1. The number of amides is 1. The van der Waals surface area contributed by atoms with Gasteiger partial charge in [0.1, 0.15) is 10.7 Å². The third-order valence-electron chi connectivity index (χ3n) is 3.80. The molecule has 0 unspecified atom stereocenters. The van der Waals surface area contributed by atoms with Gasteiger partial charge >= 0.3 is 5.88 Å². The molecule has 134 valence electrons. The number of carbonyl (C=O) groups excluding carboxylic acids is 1. The highest BCUT2D eigenvalue weighted by Crippen LogP contribution is 2.19. The number of rotatable bonds is 6. The first-order valence-electron chi connectivity index (χ1n) is 8.09. The highest BCUT2D eigenvalue weighted by atomic mass is 16.6. The summed E-state index contributed by atoms with van der Waals surface area (Å²) in [5, 5.41) is 13.3. The van der Waals surface area contributed by atoms with Crippen molar-refractivity contribution in [2.45, 2.75) is 26.3 Å². The van der Waals surface area contributed by atoms with Crippen LogP contribution in [0.3, 0.4) is 0 Å². The Balaban J connectivity index is 1.73. The molecule has 0 spiro atoms. The predicted molar refractivity (Wildman–Crippen MR) is 95.2 cm³/mol. The Morgan fingerprint density at radius 3 is 2.85 bits per heavy atom. The molecule has 0 atom stereocenters. The lowest BCUT2D eigenvalue weighted by atomic mass is 10.1. The zero-order valence-electron chi connectivity index (χ0n) is 14.4. The van der Waals surface area contributed by atoms with Crippen molar-refractivity contribution in [3.8, 4) is 0 Å². The number of carbonyl (C=O) groups is 1. The second kappa shape index (κ2) is 7.22. The van der Waals surface area contributed by atoms with Crippen LogP contribution in [-0.4, -0.2) is 20.4 Å². The van der Waals surface area contributed by atoms with Crippen molar-refractivity contribution in [3.05, 3.63) is 76.1 Å². The van der Waals surface area contributed by atoms with Gasteiger partial charge in [-0.3, -0.25) is 14.9 Å². The van der Waals surface area contributed by atoms with Gasteiger partial charge in [-0.25, -0.2) is 4.98 Å². The van der Waals surface area contributed by atoms with Crippen molar-refractivity contribution in [1.82, 2.24) is 9.55 Å². The van der Waals surface area contributed by atoms with Gasteiger partial charge in [0.15, 0.2) is 5.76 Å². The van der Waals surface area contributed by atoms with Crippen LogP contribution in [0.5, 0.6) is 0 Å². The van der Waals surface area contributed by atoms with E-state index in [4.69, 9.17) is 4.42 Å². The molecule has 2 aromatic heterocycles. The summed E-state index contributed by atoms with van der Waals surface area (Å²) < 4.78 is 6.97. The molecule has 0 aliphatic heterocycles. The van der Waals surface area contributed by atoms with E-state index >= 15 is 0 Å². The van der Waals surface area contributed by atoms with Crippen LogP contribution in [0.2, 0.25) is 0 Å². The maximum atomic E-state index is 12.2. The summed E-state index contributed by atoms with van der Waals surface area (Å²) in [4.78, 5) is 26.5. The number of anilines is 1. The smallest absolute Gasteiger partial charge is 0.395 e. The van der Waals surface area contributed by atoms with Crippen LogP contribution < -0.4 is 5.32 Å². The van der Waals surface area contributed by atoms with Crippen molar-refractivity contribution in [2.24, 2.45) is 0 Å². The molecule has 2 heterocycles. The molecule has 8 heteroatoms. The number of hydrogen-bond donors (Lipinski definition) is 1.